The number of carbonyl (C=O) groups is 1. The Morgan fingerprint density at radius 2 is 2.10 bits per heavy atom. The number of ether oxygens (including phenoxy) is 3. The number of nitrogens with one attached hydrogen (secondary N) is 1. The van der Waals surface area contributed by atoms with Gasteiger partial charge in [-0.1, -0.05) is 29.8 Å². The van der Waals surface area contributed by atoms with Crippen LogP contribution in [-0.2, 0) is 16.1 Å². The second-order valence-electron chi connectivity index (χ2n) is 6.84. The number of hydrogen-bond donors (Lipinski definition) is 1. The van der Waals surface area contributed by atoms with E-state index in [0.717, 1.165) is 18.4 Å². The summed E-state index contributed by atoms with van der Waals surface area (Å²) in [6.45, 7) is 1.48. The van der Waals surface area contributed by atoms with Crippen molar-refractivity contribution in [3.63, 3.8) is 0 Å². The van der Waals surface area contributed by atoms with Crippen LogP contribution in [0.4, 0.5) is 0 Å². The van der Waals surface area contributed by atoms with Gasteiger partial charge in [0.25, 0.3) is 5.91 Å². The lowest BCUT2D eigenvalue weighted by Crippen LogP contribution is -2.32. The minimum atomic E-state index is -0.421. The van der Waals surface area contributed by atoms with Gasteiger partial charge < -0.3 is 19.5 Å². The summed E-state index contributed by atoms with van der Waals surface area (Å²) in [6.07, 6.45) is 3.45. The van der Waals surface area contributed by atoms with Crippen molar-refractivity contribution < 1.29 is 19.0 Å². The van der Waals surface area contributed by atoms with Crippen LogP contribution in [0.1, 0.15) is 24.0 Å². The molecule has 1 atom stereocenters. The summed E-state index contributed by atoms with van der Waals surface area (Å²) in [7, 11) is 1.54. The SMILES string of the molecule is COc1cc(/C=C(\C#N)C(=O)NCC2CCCO2)ccc1OCc1ccc(Cl)cc1. The van der Waals surface area contributed by atoms with Crippen LogP contribution >= 0.6 is 11.6 Å². The summed E-state index contributed by atoms with van der Waals surface area (Å²) in [5.74, 6) is 0.649. The van der Waals surface area contributed by atoms with Crippen LogP contribution in [0.5, 0.6) is 11.5 Å². The second kappa shape index (κ2) is 10.7. The third kappa shape index (κ3) is 5.99. The van der Waals surface area contributed by atoms with E-state index in [-0.39, 0.29) is 11.7 Å². The Morgan fingerprint density at radius 1 is 1.30 bits per heavy atom. The summed E-state index contributed by atoms with van der Waals surface area (Å²) in [6, 6.07) is 14.6. The Labute approximate surface area is 181 Å². The molecule has 156 valence electrons. The predicted octanol–water partition coefficient (Wildman–Crippen LogP) is 4.13. The largest absolute Gasteiger partial charge is 0.493 e. The maximum atomic E-state index is 12.3. The zero-order chi connectivity index (χ0) is 21.3. The average Bonchev–Trinajstić information content (AvgIpc) is 3.29. The number of amides is 1. The van der Waals surface area contributed by atoms with Crippen molar-refractivity contribution in [2.75, 3.05) is 20.3 Å². The van der Waals surface area contributed by atoms with Gasteiger partial charge in [-0.2, -0.15) is 5.26 Å². The van der Waals surface area contributed by atoms with Crippen molar-refractivity contribution in [2.24, 2.45) is 0 Å². The van der Waals surface area contributed by atoms with Crippen LogP contribution in [0.25, 0.3) is 6.08 Å². The van der Waals surface area contributed by atoms with Crippen molar-refractivity contribution in [3.8, 4) is 17.6 Å². The topological polar surface area (TPSA) is 80.6 Å². The monoisotopic (exact) mass is 426 g/mol. The molecule has 0 bridgehead atoms. The van der Waals surface area contributed by atoms with Crippen molar-refractivity contribution in [2.45, 2.75) is 25.6 Å². The Morgan fingerprint density at radius 3 is 2.77 bits per heavy atom. The van der Waals surface area contributed by atoms with Gasteiger partial charge in [-0.05, 0) is 54.3 Å². The maximum absolute atomic E-state index is 12.3. The maximum Gasteiger partial charge on any atom is 0.262 e. The molecule has 1 saturated heterocycles. The van der Waals surface area contributed by atoms with E-state index in [9.17, 15) is 10.1 Å². The Hall–Kier alpha value is -3.01. The molecule has 0 aromatic heterocycles. The molecule has 0 spiro atoms. The van der Waals surface area contributed by atoms with Gasteiger partial charge in [-0.15, -0.1) is 0 Å². The van der Waals surface area contributed by atoms with Crippen molar-refractivity contribution in [1.29, 1.82) is 5.26 Å². The van der Waals surface area contributed by atoms with Gasteiger partial charge in [0.05, 0.1) is 13.2 Å². The van der Waals surface area contributed by atoms with Crippen molar-refractivity contribution >= 4 is 23.6 Å². The fraction of sp³-hybridized carbons (Fsp3) is 0.304. The molecule has 30 heavy (non-hydrogen) atoms. The van der Waals surface area contributed by atoms with E-state index in [2.05, 4.69) is 5.32 Å². The van der Waals surface area contributed by atoms with Crippen LogP contribution in [0.15, 0.2) is 48.0 Å². The lowest BCUT2D eigenvalue weighted by atomic mass is 10.1. The number of halogens is 1. The number of rotatable bonds is 8. The molecule has 6 nitrogen and oxygen atoms in total. The summed E-state index contributed by atoms with van der Waals surface area (Å²) in [5.41, 5.74) is 1.65. The first-order valence-electron chi connectivity index (χ1n) is 9.66. The minimum Gasteiger partial charge on any atom is -0.493 e. The van der Waals surface area contributed by atoms with Gasteiger partial charge in [0, 0.05) is 18.2 Å². The molecule has 0 radical (unpaired) electrons. The summed E-state index contributed by atoms with van der Waals surface area (Å²) in [5, 5.41) is 12.8. The molecule has 0 aliphatic carbocycles. The van der Waals surface area contributed by atoms with Crippen molar-refractivity contribution in [3.05, 3.63) is 64.2 Å². The van der Waals surface area contributed by atoms with Crippen LogP contribution in [0.3, 0.4) is 0 Å². The lowest BCUT2D eigenvalue weighted by molar-refractivity contribution is -0.117. The molecule has 7 heteroatoms. The number of benzene rings is 2. The van der Waals surface area contributed by atoms with Gasteiger partial charge in [-0.3, -0.25) is 4.79 Å². The Balaban J connectivity index is 1.66. The summed E-state index contributed by atoms with van der Waals surface area (Å²) < 4.78 is 16.7. The van der Waals surface area contributed by atoms with Gasteiger partial charge in [0.2, 0.25) is 0 Å². The first-order valence-corrected chi connectivity index (χ1v) is 10.0. The normalized spacial score (nSPS) is 16.0. The standard InChI is InChI=1S/C23H23ClN2O4/c1-28-22-12-17(6-9-21(22)30-15-16-4-7-19(24)8-5-16)11-18(13-25)23(27)26-14-20-3-2-10-29-20/h4-9,11-12,20H,2-3,10,14-15H2,1H3,(H,26,27)/b18-11+. The number of nitrogens with zero attached hydrogens (tertiary/aromatic N) is 1. The lowest BCUT2D eigenvalue weighted by Gasteiger charge is -2.12. The molecular formula is C23H23ClN2O4. The van der Waals surface area contributed by atoms with Crippen LogP contribution in [0, 0.1) is 11.3 Å². The second-order valence-corrected chi connectivity index (χ2v) is 7.28. The molecule has 1 unspecified atom stereocenters. The van der Waals surface area contributed by atoms with Gasteiger partial charge in [-0.25, -0.2) is 0 Å². The summed E-state index contributed by atoms with van der Waals surface area (Å²) >= 11 is 5.90. The van der Waals surface area contributed by atoms with Gasteiger partial charge >= 0.3 is 0 Å². The molecular weight excluding hydrogens is 404 g/mol. The van der Waals surface area contributed by atoms with Crippen LogP contribution in [0.2, 0.25) is 5.02 Å². The molecule has 0 saturated carbocycles. The fourth-order valence-electron chi connectivity index (χ4n) is 3.06. The third-order valence-electron chi connectivity index (χ3n) is 4.69. The molecule has 1 aliphatic rings. The first-order chi connectivity index (χ1) is 14.6. The van der Waals surface area contributed by atoms with Gasteiger partial charge in [0.15, 0.2) is 11.5 Å². The number of methoxy groups -OCH3 is 1. The molecule has 1 amide bonds. The van der Waals surface area contributed by atoms with Crippen molar-refractivity contribution in [1.82, 2.24) is 5.32 Å². The zero-order valence-corrected chi connectivity index (χ0v) is 17.4. The van der Waals surface area contributed by atoms with E-state index < -0.39 is 5.91 Å². The molecule has 1 heterocycles. The van der Waals surface area contributed by atoms with E-state index in [0.29, 0.717) is 41.8 Å². The highest BCUT2D eigenvalue weighted by Crippen LogP contribution is 2.30. The number of hydrogen-bond acceptors (Lipinski definition) is 5. The van der Waals surface area contributed by atoms with E-state index >= 15 is 0 Å². The van der Waals surface area contributed by atoms with E-state index in [1.807, 2.05) is 18.2 Å². The fourth-order valence-corrected chi connectivity index (χ4v) is 3.18. The van der Waals surface area contributed by atoms with E-state index in [4.69, 9.17) is 25.8 Å². The highest BCUT2D eigenvalue weighted by molar-refractivity contribution is 6.30. The van der Waals surface area contributed by atoms with E-state index in [1.54, 1.807) is 30.3 Å². The minimum absolute atomic E-state index is 0.0184. The molecule has 1 aliphatic heterocycles. The zero-order valence-electron chi connectivity index (χ0n) is 16.7. The summed E-state index contributed by atoms with van der Waals surface area (Å²) in [4.78, 5) is 12.3. The highest BCUT2D eigenvalue weighted by atomic mass is 35.5. The highest BCUT2D eigenvalue weighted by Gasteiger charge is 2.17. The number of nitriles is 1. The molecule has 2 aromatic rings. The molecule has 2 aromatic carbocycles. The smallest absolute Gasteiger partial charge is 0.262 e. The van der Waals surface area contributed by atoms with Crippen LogP contribution in [-0.4, -0.2) is 32.3 Å². The first kappa shape index (κ1) is 21.7. The van der Waals surface area contributed by atoms with E-state index in [1.165, 1.54) is 13.2 Å². The molecule has 3 rings (SSSR count). The average molecular weight is 427 g/mol. The Bertz CT molecular complexity index is 945. The molecule has 1 N–H and O–H groups in total. The van der Waals surface area contributed by atoms with Crippen LogP contribution < -0.4 is 14.8 Å². The Kier molecular flexibility index (Phi) is 7.72. The molecule has 1 fully saturated rings. The number of carbonyl (C=O) groups excluding carboxylic acids is 1. The third-order valence-corrected chi connectivity index (χ3v) is 4.94. The quantitative estimate of drug-likeness (QED) is 0.507. The predicted molar refractivity (Wildman–Crippen MR) is 114 cm³/mol. The van der Waals surface area contributed by atoms with Gasteiger partial charge in [0.1, 0.15) is 18.2 Å².